The van der Waals surface area contributed by atoms with Gasteiger partial charge in [0.2, 0.25) is 0 Å². The van der Waals surface area contributed by atoms with Gasteiger partial charge in [0.1, 0.15) is 0 Å². The first-order valence-corrected chi connectivity index (χ1v) is 12.4. The number of hydrogen-bond acceptors (Lipinski definition) is 3. The number of unbranched alkanes of at least 4 members (excludes halogenated alkanes) is 1. The van der Waals surface area contributed by atoms with Crippen molar-refractivity contribution >= 4 is 22.6 Å². The predicted octanol–water partition coefficient (Wildman–Crippen LogP) is 5.70. The van der Waals surface area contributed by atoms with E-state index < -0.39 is 0 Å². The Morgan fingerprint density at radius 3 is 2.18 bits per heavy atom. The van der Waals surface area contributed by atoms with Gasteiger partial charge in [-0.3, -0.25) is 14.5 Å². The lowest BCUT2D eigenvalue weighted by Gasteiger charge is -2.36. The van der Waals surface area contributed by atoms with Crippen LogP contribution < -0.4 is 0 Å². The Morgan fingerprint density at radius 2 is 1.45 bits per heavy atom. The van der Waals surface area contributed by atoms with E-state index in [0.29, 0.717) is 23.7 Å². The topological polar surface area (TPSA) is 40.6 Å². The zero-order valence-electron chi connectivity index (χ0n) is 19.2. The second-order valence-electron chi connectivity index (χ2n) is 9.39. The molecular formula is C29H32N2O2. The Balaban J connectivity index is 1.17. The molecule has 1 saturated heterocycles. The van der Waals surface area contributed by atoms with Gasteiger partial charge in [-0.1, -0.05) is 61.0 Å². The molecule has 5 rings (SSSR count). The molecule has 0 aromatic heterocycles. The van der Waals surface area contributed by atoms with Crippen LogP contribution in [0.15, 0.2) is 66.7 Å². The summed E-state index contributed by atoms with van der Waals surface area (Å²) < 4.78 is 0. The SMILES string of the molecule is O=C1c2cccc3cccc(c23)C(=O)N1CCCCN1CCCCC1CCc1ccccc1. The Morgan fingerprint density at radius 1 is 0.758 bits per heavy atom. The van der Waals surface area contributed by atoms with E-state index >= 15 is 0 Å². The monoisotopic (exact) mass is 440 g/mol. The first-order chi connectivity index (χ1) is 16.2. The zero-order valence-corrected chi connectivity index (χ0v) is 19.2. The Kier molecular flexibility index (Phi) is 6.54. The number of imide groups is 1. The molecule has 4 nitrogen and oxygen atoms in total. The Bertz CT molecular complexity index is 1090. The minimum Gasteiger partial charge on any atom is -0.300 e. The minimum absolute atomic E-state index is 0.150. The number of benzene rings is 3. The maximum absolute atomic E-state index is 13.1. The highest BCUT2D eigenvalue weighted by Crippen LogP contribution is 2.30. The van der Waals surface area contributed by atoms with E-state index in [4.69, 9.17) is 0 Å². The number of nitrogens with zero attached hydrogens (tertiary/aromatic N) is 2. The van der Waals surface area contributed by atoms with E-state index in [0.717, 1.165) is 43.1 Å². The standard InChI is InChI=1S/C29H32N2O2/c32-28-25-15-8-12-23-13-9-16-26(27(23)25)29(33)31(28)21-7-6-20-30-19-5-4-14-24(30)18-17-22-10-2-1-3-11-22/h1-3,8-13,15-16,24H,4-7,14,17-21H2. The molecule has 3 aromatic rings. The van der Waals surface area contributed by atoms with E-state index in [2.05, 4.69) is 35.2 Å². The third-order valence-electron chi connectivity index (χ3n) is 7.29. The first-order valence-electron chi connectivity index (χ1n) is 12.4. The molecule has 3 aromatic carbocycles. The quantitative estimate of drug-likeness (QED) is 0.333. The average molecular weight is 441 g/mol. The summed E-state index contributed by atoms with van der Waals surface area (Å²) in [4.78, 5) is 30.3. The summed E-state index contributed by atoms with van der Waals surface area (Å²) in [6, 6.07) is 22.8. The predicted molar refractivity (Wildman–Crippen MR) is 133 cm³/mol. The number of rotatable bonds is 8. The lowest BCUT2D eigenvalue weighted by Crippen LogP contribution is -2.42. The van der Waals surface area contributed by atoms with Crippen LogP contribution in [0.2, 0.25) is 0 Å². The summed E-state index contributed by atoms with van der Waals surface area (Å²) >= 11 is 0. The van der Waals surface area contributed by atoms with Crippen LogP contribution in [0.3, 0.4) is 0 Å². The van der Waals surface area contributed by atoms with Crippen LogP contribution in [0.4, 0.5) is 0 Å². The lowest BCUT2D eigenvalue weighted by atomic mass is 9.94. The third-order valence-corrected chi connectivity index (χ3v) is 7.29. The van der Waals surface area contributed by atoms with E-state index in [9.17, 15) is 9.59 Å². The van der Waals surface area contributed by atoms with Gasteiger partial charge >= 0.3 is 0 Å². The fraction of sp³-hybridized carbons (Fsp3) is 0.379. The molecular weight excluding hydrogens is 408 g/mol. The lowest BCUT2D eigenvalue weighted by molar-refractivity contribution is 0.0604. The van der Waals surface area contributed by atoms with Crippen molar-refractivity contribution < 1.29 is 9.59 Å². The van der Waals surface area contributed by atoms with Gasteiger partial charge in [-0.15, -0.1) is 0 Å². The summed E-state index contributed by atoms with van der Waals surface area (Å²) in [6.45, 7) is 2.70. The molecule has 0 spiro atoms. The third kappa shape index (κ3) is 4.58. The van der Waals surface area contributed by atoms with Crippen molar-refractivity contribution in [2.24, 2.45) is 0 Å². The van der Waals surface area contributed by atoms with Gasteiger partial charge in [0.05, 0.1) is 0 Å². The van der Waals surface area contributed by atoms with E-state index in [-0.39, 0.29) is 11.8 Å². The Labute approximate surface area is 196 Å². The molecule has 2 amide bonds. The fourth-order valence-corrected chi connectivity index (χ4v) is 5.53. The molecule has 0 N–H and O–H groups in total. The number of hydrogen-bond donors (Lipinski definition) is 0. The zero-order chi connectivity index (χ0) is 22.6. The molecule has 2 aliphatic heterocycles. The van der Waals surface area contributed by atoms with E-state index in [1.807, 2.05) is 36.4 Å². The molecule has 1 unspecified atom stereocenters. The van der Waals surface area contributed by atoms with Crippen molar-refractivity contribution in [1.29, 1.82) is 0 Å². The van der Waals surface area contributed by atoms with Crippen LogP contribution in [0.1, 0.15) is 64.8 Å². The molecule has 1 atom stereocenters. The second kappa shape index (κ2) is 9.88. The average Bonchev–Trinajstić information content (AvgIpc) is 2.86. The van der Waals surface area contributed by atoms with Gasteiger partial charge in [-0.05, 0) is 74.7 Å². The number of piperidine rings is 1. The van der Waals surface area contributed by atoms with Crippen molar-refractivity contribution in [2.45, 2.75) is 51.0 Å². The van der Waals surface area contributed by atoms with Crippen LogP contribution in [0, 0.1) is 0 Å². The maximum Gasteiger partial charge on any atom is 0.261 e. The largest absolute Gasteiger partial charge is 0.300 e. The highest BCUT2D eigenvalue weighted by Gasteiger charge is 2.32. The molecule has 0 radical (unpaired) electrons. The van der Waals surface area contributed by atoms with Gasteiger partial charge in [0.15, 0.2) is 0 Å². The minimum atomic E-state index is -0.150. The molecule has 2 aliphatic rings. The molecule has 0 aliphatic carbocycles. The van der Waals surface area contributed by atoms with Crippen molar-refractivity contribution in [3.63, 3.8) is 0 Å². The van der Waals surface area contributed by atoms with Crippen molar-refractivity contribution in [3.8, 4) is 0 Å². The Hall–Kier alpha value is -2.98. The van der Waals surface area contributed by atoms with Crippen LogP contribution in [-0.4, -0.2) is 47.3 Å². The normalized spacial score (nSPS) is 18.8. The first kappa shape index (κ1) is 21.8. The maximum atomic E-state index is 13.1. The number of carbonyl (C=O) groups is 2. The van der Waals surface area contributed by atoms with Crippen molar-refractivity contribution in [1.82, 2.24) is 9.80 Å². The van der Waals surface area contributed by atoms with E-state index in [1.54, 1.807) is 0 Å². The van der Waals surface area contributed by atoms with Gasteiger partial charge in [0, 0.05) is 29.1 Å². The van der Waals surface area contributed by atoms with E-state index in [1.165, 1.54) is 36.1 Å². The highest BCUT2D eigenvalue weighted by atomic mass is 16.2. The second-order valence-corrected chi connectivity index (χ2v) is 9.39. The molecule has 4 heteroatoms. The molecule has 0 saturated carbocycles. The summed E-state index contributed by atoms with van der Waals surface area (Å²) in [5.41, 5.74) is 2.72. The number of amides is 2. The van der Waals surface area contributed by atoms with Gasteiger partial charge in [-0.2, -0.15) is 0 Å². The van der Waals surface area contributed by atoms with Crippen LogP contribution >= 0.6 is 0 Å². The fourth-order valence-electron chi connectivity index (χ4n) is 5.53. The molecule has 1 fully saturated rings. The smallest absolute Gasteiger partial charge is 0.261 e. The molecule has 33 heavy (non-hydrogen) atoms. The van der Waals surface area contributed by atoms with Crippen molar-refractivity contribution in [3.05, 3.63) is 83.4 Å². The number of carbonyl (C=O) groups excluding carboxylic acids is 2. The van der Waals surface area contributed by atoms with Crippen LogP contribution in [0.5, 0.6) is 0 Å². The summed E-state index contributed by atoms with van der Waals surface area (Å²) in [7, 11) is 0. The van der Waals surface area contributed by atoms with Gasteiger partial charge in [0.25, 0.3) is 11.8 Å². The summed E-state index contributed by atoms with van der Waals surface area (Å²) in [5, 5.41) is 1.76. The highest BCUT2D eigenvalue weighted by molar-refractivity contribution is 6.25. The van der Waals surface area contributed by atoms with Gasteiger partial charge < -0.3 is 4.90 Å². The number of likely N-dealkylation sites (tertiary alicyclic amines) is 1. The van der Waals surface area contributed by atoms with Crippen LogP contribution in [0.25, 0.3) is 10.8 Å². The molecule has 0 bridgehead atoms. The van der Waals surface area contributed by atoms with Gasteiger partial charge in [-0.25, -0.2) is 0 Å². The van der Waals surface area contributed by atoms with Crippen LogP contribution in [-0.2, 0) is 6.42 Å². The molecule has 170 valence electrons. The molecule has 2 heterocycles. The number of aryl methyl sites for hydroxylation is 1. The van der Waals surface area contributed by atoms with Crippen molar-refractivity contribution in [2.75, 3.05) is 19.6 Å². The summed E-state index contributed by atoms with van der Waals surface area (Å²) in [5.74, 6) is -0.300. The summed E-state index contributed by atoms with van der Waals surface area (Å²) in [6.07, 6.45) is 8.04.